The number of benzene rings is 1. The normalized spacial score (nSPS) is 24.0. The number of alkyl halides is 3. The number of amides is 1. The van der Waals surface area contributed by atoms with Crippen molar-refractivity contribution in [3.05, 3.63) is 29.8 Å². The smallest absolute Gasteiger partial charge is 0.406 e. The van der Waals surface area contributed by atoms with Crippen molar-refractivity contribution < 1.29 is 22.7 Å². The molecule has 8 heteroatoms. The first-order valence-corrected chi connectivity index (χ1v) is 8.25. The Kier molecular flexibility index (Phi) is 4.52. The third-order valence-electron chi connectivity index (χ3n) is 3.86. The highest BCUT2D eigenvalue weighted by Gasteiger charge is 2.36. The van der Waals surface area contributed by atoms with Crippen molar-refractivity contribution >= 4 is 22.8 Å². The predicted molar refractivity (Wildman–Crippen MR) is 81.1 cm³/mol. The van der Waals surface area contributed by atoms with Crippen molar-refractivity contribution in [2.75, 3.05) is 0 Å². The number of halogens is 3. The van der Waals surface area contributed by atoms with Crippen LogP contribution in [0.5, 0.6) is 5.75 Å². The molecule has 3 rings (SSSR count). The summed E-state index contributed by atoms with van der Waals surface area (Å²) in [6.45, 7) is 0. The van der Waals surface area contributed by atoms with Gasteiger partial charge in [0.15, 0.2) is 5.17 Å². The van der Waals surface area contributed by atoms with Crippen molar-refractivity contribution in [3.63, 3.8) is 0 Å². The quantitative estimate of drug-likeness (QED) is 0.913. The molecule has 0 spiro atoms. The lowest BCUT2D eigenvalue weighted by Crippen LogP contribution is -2.42. The Hall–Kier alpha value is -1.70. The lowest BCUT2D eigenvalue weighted by molar-refractivity contribution is -0.274. The van der Waals surface area contributed by atoms with Crippen LogP contribution in [0.3, 0.4) is 0 Å². The number of nitrogens with zero attached hydrogens (tertiary/aromatic N) is 1. The van der Waals surface area contributed by atoms with E-state index in [1.165, 1.54) is 23.9 Å². The van der Waals surface area contributed by atoms with E-state index < -0.39 is 6.36 Å². The highest BCUT2D eigenvalue weighted by atomic mass is 32.2. The van der Waals surface area contributed by atoms with E-state index in [0.29, 0.717) is 10.9 Å². The van der Waals surface area contributed by atoms with Crippen LogP contribution in [-0.4, -0.2) is 23.5 Å². The Morgan fingerprint density at radius 3 is 2.70 bits per heavy atom. The number of carbonyl (C=O) groups excluding carboxylic acids is 1. The second-order valence-corrected chi connectivity index (χ2v) is 6.47. The first-order chi connectivity index (χ1) is 10.9. The molecule has 0 saturated heterocycles. The zero-order valence-electron chi connectivity index (χ0n) is 12.1. The van der Waals surface area contributed by atoms with Crippen molar-refractivity contribution in [2.45, 2.75) is 37.4 Å². The van der Waals surface area contributed by atoms with Gasteiger partial charge in [-0.05, 0) is 30.5 Å². The minimum atomic E-state index is -4.69. The van der Waals surface area contributed by atoms with Crippen LogP contribution < -0.4 is 10.1 Å². The SMILES string of the molecule is O=C1NC(SCc2ccc(OC(F)(F)F)cc2)=NC2CCCC12. The summed E-state index contributed by atoms with van der Waals surface area (Å²) in [6, 6.07) is 5.76. The highest BCUT2D eigenvalue weighted by molar-refractivity contribution is 8.13. The monoisotopic (exact) mass is 344 g/mol. The molecule has 1 aliphatic carbocycles. The number of nitrogens with one attached hydrogen (secondary N) is 1. The minimum absolute atomic E-state index is 0.00171. The molecular weight excluding hydrogens is 329 g/mol. The summed E-state index contributed by atoms with van der Waals surface area (Å²) in [5, 5.41) is 3.39. The maximum Gasteiger partial charge on any atom is 0.573 e. The van der Waals surface area contributed by atoms with Gasteiger partial charge < -0.3 is 10.1 Å². The Morgan fingerprint density at radius 2 is 2.00 bits per heavy atom. The number of hydrogen-bond acceptors (Lipinski definition) is 4. The molecular formula is C15H15F3N2O2S. The Balaban J connectivity index is 1.57. The molecule has 1 amide bonds. The zero-order chi connectivity index (χ0) is 16.4. The van der Waals surface area contributed by atoms with Gasteiger partial charge in [-0.3, -0.25) is 9.79 Å². The molecule has 2 aliphatic rings. The summed E-state index contributed by atoms with van der Waals surface area (Å²) >= 11 is 1.38. The van der Waals surface area contributed by atoms with Gasteiger partial charge in [0.2, 0.25) is 5.91 Å². The predicted octanol–water partition coefficient (Wildman–Crippen LogP) is 3.47. The molecule has 1 heterocycles. The number of rotatable bonds is 3. The van der Waals surface area contributed by atoms with E-state index >= 15 is 0 Å². The molecule has 0 aromatic heterocycles. The van der Waals surface area contributed by atoms with Crippen molar-refractivity contribution in [3.8, 4) is 5.75 Å². The van der Waals surface area contributed by atoms with Crippen LogP contribution in [0.25, 0.3) is 0 Å². The number of fused-ring (bicyclic) bond motifs is 1. The fraction of sp³-hybridized carbons (Fsp3) is 0.467. The molecule has 1 N–H and O–H groups in total. The van der Waals surface area contributed by atoms with Crippen LogP contribution in [0.1, 0.15) is 24.8 Å². The maximum atomic E-state index is 12.1. The number of ether oxygens (including phenoxy) is 1. The lowest BCUT2D eigenvalue weighted by Gasteiger charge is -2.23. The summed E-state index contributed by atoms with van der Waals surface area (Å²) in [6.07, 6.45) is -1.84. The van der Waals surface area contributed by atoms with E-state index in [0.717, 1.165) is 24.8 Å². The maximum absolute atomic E-state index is 12.1. The average Bonchev–Trinajstić information content (AvgIpc) is 2.94. The number of aliphatic imine (C=N–C) groups is 1. The lowest BCUT2D eigenvalue weighted by atomic mass is 10.0. The van der Waals surface area contributed by atoms with Crippen LogP contribution >= 0.6 is 11.8 Å². The molecule has 124 valence electrons. The molecule has 4 nitrogen and oxygen atoms in total. The molecule has 1 saturated carbocycles. The number of hydrogen-bond donors (Lipinski definition) is 1. The van der Waals surface area contributed by atoms with Crippen molar-refractivity contribution in [2.24, 2.45) is 10.9 Å². The Bertz CT molecular complexity index is 616. The van der Waals surface area contributed by atoms with Gasteiger partial charge >= 0.3 is 6.36 Å². The molecule has 0 bridgehead atoms. The third-order valence-corrected chi connectivity index (χ3v) is 4.82. The van der Waals surface area contributed by atoms with Crippen LogP contribution in [0.15, 0.2) is 29.3 Å². The van der Waals surface area contributed by atoms with Crippen molar-refractivity contribution in [1.82, 2.24) is 5.32 Å². The molecule has 23 heavy (non-hydrogen) atoms. The summed E-state index contributed by atoms with van der Waals surface area (Å²) < 4.78 is 40.1. The van der Waals surface area contributed by atoms with Gasteiger partial charge in [-0.2, -0.15) is 0 Å². The van der Waals surface area contributed by atoms with E-state index in [-0.39, 0.29) is 23.6 Å². The van der Waals surface area contributed by atoms with Crippen LogP contribution in [0.4, 0.5) is 13.2 Å². The topological polar surface area (TPSA) is 50.7 Å². The molecule has 0 radical (unpaired) electrons. The van der Waals surface area contributed by atoms with E-state index in [9.17, 15) is 18.0 Å². The second-order valence-electron chi connectivity index (χ2n) is 5.51. The van der Waals surface area contributed by atoms with Crippen LogP contribution in [0.2, 0.25) is 0 Å². The van der Waals surface area contributed by atoms with E-state index in [4.69, 9.17) is 0 Å². The molecule has 1 aromatic carbocycles. The van der Waals surface area contributed by atoms with Gasteiger partial charge in [-0.25, -0.2) is 0 Å². The fourth-order valence-electron chi connectivity index (χ4n) is 2.79. The summed E-state index contributed by atoms with van der Waals surface area (Å²) in [5.41, 5.74) is 0.829. The van der Waals surface area contributed by atoms with E-state index in [2.05, 4.69) is 15.0 Å². The van der Waals surface area contributed by atoms with Gasteiger partial charge in [0.05, 0.1) is 12.0 Å². The fourth-order valence-corrected chi connectivity index (χ4v) is 3.67. The van der Waals surface area contributed by atoms with Crippen LogP contribution in [-0.2, 0) is 10.5 Å². The van der Waals surface area contributed by atoms with Crippen molar-refractivity contribution in [1.29, 1.82) is 0 Å². The number of carbonyl (C=O) groups is 1. The van der Waals surface area contributed by atoms with Gasteiger partial charge in [0.25, 0.3) is 0 Å². The first-order valence-electron chi connectivity index (χ1n) is 7.27. The number of amidine groups is 1. The number of thioether (sulfide) groups is 1. The second kappa shape index (κ2) is 6.43. The van der Waals surface area contributed by atoms with Gasteiger partial charge in [0, 0.05) is 5.75 Å². The first kappa shape index (κ1) is 16.2. The Labute approximate surface area is 135 Å². The van der Waals surface area contributed by atoms with Gasteiger partial charge in [0.1, 0.15) is 5.75 Å². The molecule has 1 fully saturated rings. The molecule has 2 atom stereocenters. The highest BCUT2D eigenvalue weighted by Crippen LogP contribution is 2.32. The van der Waals surface area contributed by atoms with Gasteiger partial charge in [-0.1, -0.05) is 30.3 Å². The summed E-state index contributed by atoms with van der Waals surface area (Å²) in [7, 11) is 0. The molecule has 1 aliphatic heterocycles. The third kappa shape index (κ3) is 4.19. The largest absolute Gasteiger partial charge is 0.573 e. The average molecular weight is 344 g/mol. The van der Waals surface area contributed by atoms with E-state index in [1.807, 2.05) is 0 Å². The standard InChI is InChI=1S/C15H15F3N2O2S/c16-15(17,18)22-10-6-4-9(5-7-10)8-23-14-19-12-3-1-2-11(12)13(21)20-14/h4-7,11-12H,1-3,8H2,(H,19,20,21). The van der Waals surface area contributed by atoms with Crippen LogP contribution in [0, 0.1) is 5.92 Å². The molecule has 1 aromatic rings. The Morgan fingerprint density at radius 1 is 1.26 bits per heavy atom. The molecule has 2 unspecified atom stereocenters. The minimum Gasteiger partial charge on any atom is -0.406 e. The van der Waals surface area contributed by atoms with E-state index in [1.54, 1.807) is 12.1 Å². The summed E-state index contributed by atoms with van der Waals surface area (Å²) in [5.74, 6) is 0.295. The zero-order valence-corrected chi connectivity index (χ0v) is 12.9. The van der Waals surface area contributed by atoms with Gasteiger partial charge in [-0.15, -0.1) is 13.2 Å². The summed E-state index contributed by atoms with van der Waals surface area (Å²) in [4.78, 5) is 16.5.